The molecule has 1 aromatic carbocycles. The van der Waals surface area contributed by atoms with E-state index in [9.17, 15) is 14.0 Å². The average Bonchev–Trinajstić information content (AvgIpc) is 2.56. The number of carbonyl (C=O) groups is 2. The molecule has 1 heterocycles. The van der Waals surface area contributed by atoms with Crippen LogP contribution >= 0.6 is 0 Å². The van der Waals surface area contributed by atoms with Crippen molar-refractivity contribution in [2.75, 3.05) is 31.5 Å². The van der Waals surface area contributed by atoms with E-state index >= 15 is 0 Å². The number of carbonyl (C=O) groups excluding carboxylic acids is 2. The molecule has 126 valence electrons. The van der Waals surface area contributed by atoms with Gasteiger partial charge in [0.05, 0.1) is 0 Å². The molecular weight excluding hydrogens is 297 g/mol. The van der Waals surface area contributed by atoms with Gasteiger partial charge in [0, 0.05) is 37.8 Å². The third-order valence-electron chi connectivity index (χ3n) is 4.26. The average molecular weight is 321 g/mol. The lowest BCUT2D eigenvalue weighted by atomic mass is 9.96. The lowest BCUT2D eigenvalue weighted by Gasteiger charge is -2.34. The van der Waals surface area contributed by atoms with Crippen LogP contribution in [0.5, 0.6) is 0 Å². The molecule has 6 heteroatoms. The van der Waals surface area contributed by atoms with Gasteiger partial charge < -0.3 is 15.1 Å². The summed E-state index contributed by atoms with van der Waals surface area (Å²) in [5.41, 5.74) is 0.469. The van der Waals surface area contributed by atoms with Crippen molar-refractivity contribution >= 4 is 17.6 Å². The first kappa shape index (κ1) is 17.2. The number of piperidine rings is 1. The Morgan fingerprint density at radius 2 is 1.91 bits per heavy atom. The van der Waals surface area contributed by atoms with Crippen molar-refractivity contribution in [2.24, 2.45) is 5.92 Å². The lowest BCUT2D eigenvalue weighted by molar-refractivity contribution is -0.121. The highest BCUT2D eigenvalue weighted by atomic mass is 19.1. The van der Waals surface area contributed by atoms with E-state index in [1.807, 2.05) is 13.8 Å². The fourth-order valence-electron chi connectivity index (χ4n) is 2.84. The zero-order valence-corrected chi connectivity index (χ0v) is 13.7. The zero-order valence-electron chi connectivity index (χ0n) is 13.7. The Morgan fingerprint density at radius 3 is 2.48 bits per heavy atom. The minimum Gasteiger partial charge on any atom is -0.326 e. The monoisotopic (exact) mass is 321 g/mol. The van der Waals surface area contributed by atoms with E-state index in [2.05, 4.69) is 5.32 Å². The highest BCUT2D eigenvalue weighted by Crippen LogP contribution is 2.20. The standard InChI is InChI=1S/C17H24FN3O2/c1-3-20(4-2)17(23)21-10-8-13(9-11-21)16(22)19-15-7-5-6-14(18)12-15/h5-7,12-13H,3-4,8-11H2,1-2H3,(H,19,22). The molecule has 23 heavy (non-hydrogen) atoms. The maximum atomic E-state index is 13.1. The van der Waals surface area contributed by atoms with Gasteiger partial charge in [-0.1, -0.05) is 6.07 Å². The number of rotatable bonds is 4. The second-order valence-corrected chi connectivity index (χ2v) is 5.72. The smallest absolute Gasteiger partial charge is 0.319 e. The molecule has 5 nitrogen and oxygen atoms in total. The van der Waals surface area contributed by atoms with Crippen LogP contribution in [0.1, 0.15) is 26.7 Å². The zero-order chi connectivity index (χ0) is 16.8. The van der Waals surface area contributed by atoms with Crippen LogP contribution < -0.4 is 5.32 Å². The van der Waals surface area contributed by atoms with E-state index in [1.54, 1.807) is 21.9 Å². The van der Waals surface area contributed by atoms with E-state index in [0.29, 0.717) is 44.7 Å². The third-order valence-corrected chi connectivity index (χ3v) is 4.26. The SMILES string of the molecule is CCN(CC)C(=O)N1CCC(C(=O)Nc2cccc(F)c2)CC1. The second-order valence-electron chi connectivity index (χ2n) is 5.72. The summed E-state index contributed by atoms with van der Waals surface area (Å²) in [6, 6.07) is 5.92. The van der Waals surface area contributed by atoms with Gasteiger partial charge in [-0.15, -0.1) is 0 Å². The molecule has 3 amide bonds. The molecule has 0 unspecified atom stereocenters. The number of anilines is 1. The number of nitrogens with one attached hydrogen (secondary N) is 1. The van der Waals surface area contributed by atoms with E-state index in [4.69, 9.17) is 0 Å². The Bertz CT molecular complexity index is 553. The molecule has 1 N–H and O–H groups in total. The van der Waals surface area contributed by atoms with Crippen molar-refractivity contribution in [3.8, 4) is 0 Å². The maximum absolute atomic E-state index is 13.1. The molecular formula is C17H24FN3O2. The number of benzene rings is 1. The van der Waals surface area contributed by atoms with Gasteiger partial charge in [-0.05, 0) is 44.9 Å². The van der Waals surface area contributed by atoms with Crippen LogP contribution in [0.4, 0.5) is 14.9 Å². The first-order valence-corrected chi connectivity index (χ1v) is 8.15. The van der Waals surface area contributed by atoms with Gasteiger partial charge in [0.1, 0.15) is 5.82 Å². The van der Waals surface area contributed by atoms with Crippen LogP contribution in [0, 0.1) is 11.7 Å². The first-order valence-electron chi connectivity index (χ1n) is 8.15. The lowest BCUT2D eigenvalue weighted by Crippen LogP contribution is -2.47. The van der Waals surface area contributed by atoms with Crippen LogP contribution in [0.15, 0.2) is 24.3 Å². The van der Waals surface area contributed by atoms with Gasteiger partial charge in [0.25, 0.3) is 0 Å². The number of hydrogen-bond donors (Lipinski definition) is 1. The summed E-state index contributed by atoms with van der Waals surface area (Å²) >= 11 is 0. The summed E-state index contributed by atoms with van der Waals surface area (Å²) in [5, 5.41) is 2.75. The minimum absolute atomic E-state index is 0.0407. The Balaban J connectivity index is 1.86. The fraction of sp³-hybridized carbons (Fsp3) is 0.529. The van der Waals surface area contributed by atoms with Gasteiger partial charge in [-0.2, -0.15) is 0 Å². The summed E-state index contributed by atoms with van der Waals surface area (Å²) in [4.78, 5) is 28.1. The highest BCUT2D eigenvalue weighted by molar-refractivity contribution is 5.92. The van der Waals surface area contributed by atoms with Crippen molar-refractivity contribution in [3.63, 3.8) is 0 Å². The molecule has 1 aromatic rings. The van der Waals surface area contributed by atoms with E-state index in [1.165, 1.54) is 12.1 Å². The number of halogens is 1. The number of nitrogens with zero attached hydrogens (tertiary/aromatic N) is 2. The molecule has 1 aliphatic heterocycles. The summed E-state index contributed by atoms with van der Waals surface area (Å²) in [7, 11) is 0. The van der Waals surface area contributed by atoms with Gasteiger partial charge in [0.15, 0.2) is 0 Å². The molecule has 1 saturated heterocycles. The van der Waals surface area contributed by atoms with Gasteiger partial charge in [-0.3, -0.25) is 4.79 Å². The van der Waals surface area contributed by atoms with Crippen LogP contribution in [0.3, 0.4) is 0 Å². The minimum atomic E-state index is -0.373. The van der Waals surface area contributed by atoms with Crippen molar-refractivity contribution in [2.45, 2.75) is 26.7 Å². The molecule has 1 aliphatic rings. The van der Waals surface area contributed by atoms with Gasteiger partial charge >= 0.3 is 6.03 Å². The number of amides is 3. The van der Waals surface area contributed by atoms with Crippen LogP contribution in [0.2, 0.25) is 0 Å². The highest BCUT2D eigenvalue weighted by Gasteiger charge is 2.28. The topological polar surface area (TPSA) is 52.7 Å². The predicted octanol–water partition coefficient (Wildman–Crippen LogP) is 2.94. The predicted molar refractivity (Wildman–Crippen MR) is 87.6 cm³/mol. The molecule has 0 aromatic heterocycles. The largest absolute Gasteiger partial charge is 0.326 e. The summed E-state index contributed by atoms with van der Waals surface area (Å²) in [6.45, 7) is 6.46. The maximum Gasteiger partial charge on any atom is 0.319 e. The Hall–Kier alpha value is -2.11. The summed E-state index contributed by atoms with van der Waals surface area (Å²) in [5.74, 6) is -0.619. The van der Waals surface area contributed by atoms with Gasteiger partial charge in [-0.25, -0.2) is 9.18 Å². The Morgan fingerprint density at radius 1 is 1.26 bits per heavy atom. The molecule has 0 atom stereocenters. The summed E-state index contributed by atoms with van der Waals surface area (Å²) < 4.78 is 13.1. The second kappa shape index (κ2) is 7.94. The van der Waals surface area contributed by atoms with Crippen LogP contribution in [-0.4, -0.2) is 47.9 Å². The van der Waals surface area contributed by atoms with Crippen molar-refractivity contribution < 1.29 is 14.0 Å². The fourth-order valence-corrected chi connectivity index (χ4v) is 2.84. The quantitative estimate of drug-likeness (QED) is 0.927. The van der Waals surface area contributed by atoms with Crippen LogP contribution in [0.25, 0.3) is 0 Å². The van der Waals surface area contributed by atoms with E-state index in [0.717, 1.165) is 0 Å². The van der Waals surface area contributed by atoms with Crippen molar-refractivity contribution in [1.29, 1.82) is 0 Å². The molecule has 2 rings (SSSR count). The number of urea groups is 1. The third kappa shape index (κ3) is 4.43. The molecule has 0 bridgehead atoms. The molecule has 0 saturated carbocycles. The van der Waals surface area contributed by atoms with E-state index < -0.39 is 0 Å². The van der Waals surface area contributed by atoms with Crippen LogP contribution in [-0.2, 0) is 4.79 Å². The molecule has 1 fully saturated rings. The Kier molecular flexibility index (Phi) is 5.96. The van der Waals surface area contributed by atoms with Crippen molar-refractivity contribution in [1.82, 2.24) is 9.80 Å². The number of likely N-dealkylation sites (tertiary alicyclic amines) is 1. The van der Waals surface area contributed by atoms with Gasteiger partial charge in [0.2, 0.25) is 5.91 Å². The van der Waals surface area contributed by atoms with Crippen molar-refractivity contribution in [3.05, 3.63) is 30.1 Å². The molecule has 0 spiro atoms. The number of hydrogen-bond acceptors (Lipinski definition) is 2. The normalized spacial score (nSPS) is 15.3. The Labute approximate surface area is 136 Å². The molecule has 0 aliphatic carbocycles. The van der Waals surface area contributed by atoms with E-state index in [-0.39, 0.29) is 23.7 Å². The first-order chi connectivity index (χ1) is 11.0. The molecule has 0 radical (unpaired) electrons. The summed E-state index contributed by atoms with van der Waals surface area (Å²) in [6.07, 6.45) is 1.27.